The van der Waals surface area contributed by atoms with E-state index >= 15 is 0 Å². The van der Waals surface area contributed by atoms with Gasteiger partial charge in [0.05, 0.1) is 20.3 Å². The summed E-state index contributed by atoms with van der Waals surface area (Å²) in [5, 5.41) is 4.08. The van der Waals surface area contributed by atoms with Crippen LogP contribution >= 0.6 is 11.6 Å². The summed E-state index contributed by atoms with van der Waals surface area (Å²) in [6.07, 6.45) is 3.59. The Hall–Kier alpha value is -1.30. The number of likely N-dealkylation sites (tertiary alicyclic amines) is 1. The number of amides is 1. The predicted molar refractivity (Wildman–Crippen MR) is 98.2 cm³/mol. The van der Waals surface area contributed by atoms with E-state index in [-0.39, 0.29) is 11.9 Å². The van der Waals surface area contributed by atoms with E-state index in [1.807, 2.05) is 23.1 Å². The van der Waals surface area contributed by atoms with E-state index in [0.29, 0.717) is 18.9 Å². The Balaban J connectivity index is 1.57. The van der Waals surface area contributed by atoms with Crippen molar-refractivity contribution < 1.29 is 14.3 Å². The van der Waals surface area contributed by atoms with E-state index in [1.54, 1.807) is 7.11 Å². The number of rotatable bonds is 5. The minimum atomic E-state index is 0.148. The topological polar surface area (TPSA) is 50.8 Å². The van der Waals surface area contributed by atoms with E-state index < -0.39 is 0 Å². The Bertz CT molecular complexity index is 590. The highest BCUT2D eigenvalue weighted by molar-refractivity contribution is 6.30. The van der Waals surface area contributed by atoms with Gasteiger partial charge in [0.15, 0.2) is 0 Å². The number of piperidine rings is 1. The Morgan fingerprint density at radius 3 is 3.12 bits per heavy atom. The number of nitrogens with one attached hydrogen (secondary N) is 1. The molecule has 6 heteroatoms. The number of carbonyl (C=O) groups is 1. The minimum absolute atomic E-state index is 0.148. The standard InChI is InChI=1S/C19H27ClN2O3/c1-24-18-5-4-16(20)10-15(18)9-14-3-2-7-22(12-14)19(23)11-17-13-25-8-6-21-17/h4-5,10,14,17,21H,2-3,6-9,11-13H2,1H3. The predicted octanol–water partition coefficient (Wildman–Crippen LogP) is 2.51. The molecular formula is C19H27ClN2O3. The van der Waals surface area contributed by atoms with Crippen LogP contribution in [0.2, 0.25) is 5.02 Å². The summed E-state index contributed by atoms with van der Waals surface area (Å²) in [5.41, 5.74) is 1.12. The highest BCUT2D eigenvalue weighted by Crippen LogP contribution is 2.28. The van der Waals surface area contributed by atoms with Gasteiger partial charge in [0, 0.05) is 37.1 Å². The van der Waals surface area contributed by atoms with Gasteiger partial charge in [-0.15, -0.1) is 0 Å². The number of hydrogen-bond acceptors (Lipinski definition) is 4. The first-order chi connectivity index (χ1) is 12.2. The third kappa shape index (κ3) is 5.09. The van der Waals surface area contributed by atoms with Crippen LogP contribution in [0.25, 0.3) is 0 Å². The van der Waals surface area contributed by atoms with E-state index in [9.17, 15) is 4.79 Å². The van der Waals surface area contributed by atoms with Gasteiger partial charge >= 0.3 is 0 Å². The highest BCUT2D eigenvalue weighted by atomic mass is 35.5. The van der Waals surface area contributed by atoms with Crippen molar-refractivity contribution in [2.45, 2.75) is 31.7 Å². The molecular weight excluding hydrogens is 340 g/mol. The molecule has 2 saturated heterocycles. The molecule has 3 rings (SSSR count). The quantitative estimate of drug-likeness (QED) is 0.870. The second kappa shape index (κ2) is 8.88. The molecule has 0 saturated carbocycles. The van der Waals surface area contributed by atoms with E-state index in [4.69, 9.17) is 21.1 Å². The molecule has 0 aromatic heterocycles. The van der Waals surface area contributed by atoms with Crippen LogP contribution in [0.5, 0.6) is 5.75 Å². The maximum atomic E-state index is 12.6. The van der Waals surface area contributed by atoms with Gasteiger partial charge in [0.1, 0.15) is 5.75 Å². The summed E-state index contributed by atoms with van der Waals surface area (Å²) in [6, 6.07) is 5.89. The molecule has 2 atom stereocenters. The summed E-state index contributed by atoms with van der Waals surface area (Å²) in [5.74, 6) is 1.54. The summed E-state index contributed by atoms with van der Waals surface area (Å²) in [7, 11) is 1.68. The van der Waals surface area contributed by atoms with Crippen molar-refractivity contribution in [1.82, 2.24) is 10.2 Å². The van der Waals surface area contributed by atoms with Gasteiger partial charge in [0.25, 0.3) is 0 Å². The molecule has 5 nitrogen and oxygen atoms in total. The molecule has 138 valence electrons. The number of nitrogens with zero attached hydrogens (tertiary/aromatic N) is 1. The first kappa shape index (κ1) is 18.5. The van der Waals surface area contributed by atoms with Gasteiger partial charge in [-0.3, -0.25) is 4.79 Å². The number of halogens is 1. The van der Waals surface area contributed by atoms with Crippen LogP contribution in [-0.2, 0) is 16.0 Å². The fourth-order valence-corrected chi connectivity index (χ4v) is 3.96. The van der Waals surface area contributed by atoms with Gasteiger partial charge in [0.2, 0.25) is 5.91 Å². The molecule has 0 bridgehead atoms. The van der Waals surface area contributed by atoms with Crippen molar-refractivity contribution in [3.63, 3.8) is 0 Å². The van der Waals surface area contributed by atoms with Crippen LogP contribution in [0.15, 0.2) is 18.2 Å². The molecule has 25 heavy (non-hydrogen) atoms. The first-order valence-corrected chi connectivity index (χ1v) is 9.45. The molecule has 1 aromatic rings. The molecule has 0 aliphatic carbocycles. The number of methoxy groups -OCH3 is 1. The number of benzene rings is 1. The summed E-state index contributed by atoms with van der Waals surface area (Å²) in [4.78, 5) is 14.6. The second-order valence-electron chi connectivity index (χ2n) is 6.94. The zero-order chi connectivity index (χ0) is 17.6. The molecule has 1 N–H and O–H groups in total. The molecule has 0 spiro atoms. The monoisotopic (exact) mass is 366 g/mol. The molecule has 1 amide bonds. The van der Waals surface area contributed by atoms with Gasteiger partial charge in [-0.05, 0) is 48.9 Å². The third-order valence-electron chi connectivity index (χ3n) is 5.04. The lowest BCUT2D eigenvalue weighted by Gasteiger charge is -2.34. The molecule has 2 fully saturated rings. The fourth-order valence-electron chi connectivity index (χ4n) is 3.77. The summed E-state index contributed by atoms with van der Waals surface area (Å²) in [6.45, 7) is 3.85. The smallest absolute Gasteiger partial charge is 0.224 e. The highest BCUT2D eigenvalue weighted by Gasteiger charge is 2.27. The van der Waals surface area contributed by atoms with Crippen LogP contribution in [0.1, 0.15) is 24.8 Å². The Morgan fingerprint density at radius 1 is 1.48 bits per heavy atom. The Morgan fingerprint density at radius 2 is 2.36 bits per heavy atom. The molecule has 2 aliphatic heterocycles. The third-order valence-corrected chi connectivity index (χ3v) is 5.28. The molecule has 0 radical (unpaired) electrons. The van der Waals surface area contributed by atoms with Gasteiger partial charge in [-0.2, -0.15) is 0 Å². The van der Waals surface area contributed by atoms with Crippen LogP contribution < -0.4 is 10.1 Å². The summed E-state index contributed by atoms with van der Waals surface area (Å²) >= 11 is 6.14. The molecule has 2 aliphatic rings. The average molecular weight is 367 g/mol. The Labute approximate surface area is 154 Å². The van der Waals surface area contributed by atoms with Crippen molar-refractivity contribution in [3.05, 3.63) is 28.8 Å². The van der Waals surface area contributed by atoms with Crippen molar-refractivity contribution in [3.8, 4) is 5.75 Å². The lowest BCUT2D eigenvalue weighted by atomic mass is 9.90. The maximum Gasteiger partial charge on any atom is 0.224 e. The number of hydrogen-bond donors (Lipinski definition) is 1. The van der Waals surface area contributed by atoms with Crippen LogP contribution in [-0.4, -0.2) is 56.8 Å². The average Bonchev–Trinajstić information content (AvgIpc) is 2.63. The van der Waals surface area contributed by atoms with E-state index in [1.165, 1.54) is 0 Å². The normalized spacial score (nSPS) is 24.2. The number of carbonyl (C=O) groups excluding carboxylic acids is 1. The lowest BCUT2D eigenvalue weighted by Crippen LogP contribution is -2.47. The molecule has 2 unspecified atom stereocenters. The van der Waals surface area contributed by atoms with Gasteiger partial charge < -0.3 is 19.7 Å². The first-order valence-electron chi connectivity index (χ1n) is 9.07. The Kier molecular flexibility index (Phi) is 6.57. The SMILES string of the molecule is COc1ccc(Cl)cc1CC1CCCN(C(=O)CC2COCCN2)C1. The summed E-state index contributed by atoms with van der Waals surface area (Å²) < 4.78 is 10.9. The molecule has 1 aromatic carbocycles. The maximum absolute atomic E-state index is 12.6. The largest absolute Gasteiger partial charge is 0.496 e. The zero-order valence-electron chi connectivity index (χ0n) is 14.8. The fraction of sp³-hybridized carbons (Fsp3) is 0.632. The second-order valence-corrected chi connectivity index (χ2v) is 7.37. The number of ether oxygens (including phenoxy) is 2. The molecule has 2 heterocycles. The number of morpholine rings is 1. The van der Waals surface area contributed by atoms with Crippen molar-refractivity contribution in [2.24, 2.45) is 5.92 Å². The van der Waals surface area contributed by atoms with Crippen molar-refractivity contribution in [2.75, 3.05) is 40.0 Å². The lowest BCUT2D eigenvalue weighted by molar-refractivity contribution is -0.134. The van der Waals surface area contributed by atoms with Crippen molar-refractivity contribution >= 4 is 17.5 Å². The van der Waals surface area contributed by atoms with Crippen LogP contribution in [0.4, 0.5) is 0 Å². The minimum Gasteiger partial charge on any atom is -0.496 e. The van der Waals surface area contributed by atoms with Crippen LogP contribution in [0.3, 0.4) is 0 Å². The van der Waals surface area contributed by atoms with Crippen molar-refractivity contribution in [1.29, 1.82) is 0 Å². The van der Waals surface area contributed by atoms with Gasteiger partial charge in [-0.25, -0.2) is 0 Å². The van der Waals surface area contributed by atoms with Gasteiger partial charge in [-0.1, -0.05) is 11.6 Å². The zero-order valence-corrected chi connectivity index (χ0v) is 15.6. The van der Waals surface area contributed by atoms with E-state index in [2.05, 4.69) is 5.32 Å². The van der Waals surface area contributed by atoms with E-state index in [0.717, 1.165) is 61.8 Å². The van der Waals surface area contributed by atoms with Crippen LogP contribution in [0, 0.1) is 5.92 Å².